The van der Waals surface area contributed by atoms with Gasteiger partial charge < -0.3 is 9.84 Å². The first-order valence-electron chi connectivity index (χ1n) is 9.13. The van der Waals surface area contributed by atoms with Gasteiger partial charge in [0.1, 0.15) is 11.9 Å². The van der Waals surface area contributed by atoms with Crippen LogP contribution in [-0.4, -0.2) is 29.4 Å². The predicted molar refractivity (Wildman–Crippen MR) is 100 cm³/mol. The lowest BCUT2D eigenvalue weighted by molar-refractivity contribution is 0.0971. The minimum absolute atomic E-state index is 0.0137. The minimum Gasteiger partial charge on any atom is -0.489 e. The second-order valence-corrected chi connectivity index (χ2v) is 6.68. The van der Waals surface area contributed by atoms with E-state index in [-0.39, 0.29) is 36.6 Å². The summed E-state index contributed by atoms with van der Waals surface area (Å²) in [6.45, 7) is 3.78. The Bertz CT molecular complexity index is 810. The van der Waals surface area contributed by atoms with E-state index in [9.17, 15) is 9.59 Å². The number of benzene rings is 2. The smallest absolute Gasteiger partial charge is 0.166 e. The molecule has 0 amide bonds. The quantitative estimate of drug-likeness (QED) is 0.761. The summed E-state index contributed by atoms with van der Waals surface area (Å²) in [6.07, 6.45) is 0.927. The van der Waals surface area contributed by atoms with Gasteiger partial charge in [-0.05, 0) is 31.0 Å². The highest BCUT2D eigenvalue weighted by Crippen LogP contribution is 2.45. The fourth-order valence-corrected chi connectivity index (χ4v) is 3.57. The molecule has 1 aliphatic rings. The number of carbonyl (C=O) groups is 2. The van der Waals surface area contributed by atoms with Crippen LogP contribution in [-0.2, 0) is 0 Å². The minimum atomic E-state index is -0.112. The zero-order valence-corrected chi connectivity index (χ0v) is 15.2. The molecule has 3 rings (SSSR count). The molecule has 0 aliphatic carbocycles. The van der Waals surface area contributed by atoms with E-state index in [0.29, 0.717) is 29.7 Å². The third-order valence-corrected chi connectivity index (χ3v) is 4.89. The monoisotopic (exact) mass is 352 g/mol. The fourth-order valence-electron chi connectivity index (χ4n) is 3.57. The zero-order valence-electron chi connectivity index (χ0n) is 15.2. The average Bonchev–Trinajstić information content (AvgIpc) is 3.00. The summed E-state index contributed by atoms with van der Waals surface area (Å²) >= 11 is 0. The van der Waals surface area contributed by atoms with E-state index < -0.39 is 0 Å². The molecule has 0 bridgehead atoms. The zero-order chi connectivity index (χ0) is 18.7. The van der Waals surface area contributed by atoms with Crippen LogP contribution in [0.4, 0.5) is 0 Å². The Labute approximate surface area is 153 Å². The molecule has 1 heterocycles. The molecule has 136 valence electrons. The molecular formula is C22H24O4. The summed E-state index contributed by atoms with van der Waals surface area (Å²) in [5, 5.41) is 9.00. The number of rotatable bonds is 7. The number of hydrogen-bond acceptors (Lipinski definition) is 4. The summed E-state index contributed by atoms with van der Waals surface area (Å²) in [4.78, 5) is 25.0. The summed E-state index contributed by atoms with van der Waals surface area (Å²) in [7, 11) is 0. The Hall–Kier alpha value is -2.46. The van der Waals surface area contributed by atoms with E-state index in [1.54, 1.807) is 6.07 Å². The van der Waals surface area contributed by atoms with E-state index in [0.717, 1.165) is 11.1 Å². The lowest BCUT2D eigenvalue weighted by atomic mass is 9.86. The van der Waals surface area contributed by atoms with E-state index in [4.69, 9.17) is 9.84 Å². The number of ether oxygens (including phenoxy) is 1. The SMILES string of the molecule is CCC(=O)c1cc(C(=O)CCCO)cc2c1O[C@H](C)[C@H]2c1ccccc1. The first-order valence-corrected chi connectivity index (χ1v) is 9.13. The molecular weight excluding hydrogens is 328 g/mol. The largest absolute Gasteiger partial charge is 0.489 e. The molecule has 2 atom stereocenters. The van der Waals surface area contributed by atoms with Gasteiger partial charge in [-0.1, -0.05) is 37.3 Å². The normalized spacial score (nSPS) is 18.3. The van der Waals surface area contributed by atoms with Crippen molar-refractivity contribution in [1.29, 1.82) is 0 Å². The van der Waals surface area contributed by atoms with Gasteiger partial charge in [-0.15, -0.1) is 0 Å². The van der Waals surface area contributed by atoms with Crippen LogP contribution in [0.3, 0.4) is 0 Å². The summed E-state index contributed by atoms with van der Waals surface area (Å²) in [6, 6.07) is 13.5. The maximum atomic E-state index is 12.5. The highest BCUT2D eigenvalue weighted by atomic mass is 16.5. The van der Waals surface area contributed by atoms with Crippen molar-refractivity contribution in [3.8, 4) is 5.75 Å². The van der Waals surface area contributed by atoms with Crippen LogP contribution >= 0.6 is 0 Å². The van der Waals surface area contributed by atoms with Crippen molar-refractivity contribution in [2.45, 2.75) is 45.1 Å². The van der Waals surface area contributed by atoms with Crippen LogP contribution in [0.2, 0.25) is 0 Å². The van der Waals surface area contributed by atoms with Crippen molar-refractivity contribution < 1.29 is 19.4 Å². The highest BCUT2D eigenvalue weighted by molar-refractivity contribution is 6.04. The number of fused-ring (bicyclic) bond motifs is 1. The third-order valence-electron chi connectivity index (χ3n) is 4.89. The van der Waals surface area contributed by atoms with Crippen LogP contribution in [0, 0.1) is 0 Å². The molecule has 0 saturated heterocycles. The fraction of sp³-hybridized carbons (Fsp3) is 0.364. The Morgan fingerprint density at radius 3 is 2.50 bits per heavy atom. The van der Waals surface area contributed by atoms with Crippen molar-refractivity contribution in [3.05, 3.63) is 64.7 Å². The molecule has 2 aromatic carbocycles. The van der Waals surface area contributed by atoms with Gasteiger partial charge in [-0.25, -0.2) is 0 Å². The second kappa shape index (κ2) is 7.83. The molecule has 0 radical (unpaired) electrons. The number of Topliss-reactive ketones (excluding diaryl/α,β-unsaturated/α-hetero) is 2. The molecule has 0 unspecified atom stereocenters. The van der Waals surface area contributed by atoms with E-state index in [2.05, 4.69) is 0 Å². The van der Waals surface area contributed by atoms with E-state index in [1.807, 2.05) is 50.2 Å². The van der Waals surface area contributed by atoms with Crippen molar-refractivity contribution in [1.82, 2.24) is 0 Å². The summed E-state index contributed by atoms with van der Waals surface area (Å²) in [5.74, 6) is 0.509. The average molecular weight is 352 g/mol. The van der Waals surface area contributed by atoms with Crippen LogP contribution < -0.4 is 4.74 Å². The summed E-state index contributed by atoms with van der Waals surface area (Å²) in [5.41, 5.74) is 3.01. The van der Waals surface area contributed by atoms with Crippen LogP contribution in [0.15, 0.2) is 42.5 Å². The van der Waals surface area contributed by atoms with Gasteiger partial charge in [0.25, 0.3) is 0 Å². The number of ketones is 2. The molecule has 0 fully saturated rings. The highest BCUT2D eigenvalue weighted by Gasteiger charge is 2.36. The first-order chi connectivity index (χ1) is 12.6. The van der Waals surface area contributed by atoms with Gasteiger partial charge in [0.05, 0.1) is 5.56 Å². The van der Waals surface area contributed by atoms with Crippen LogP contribution in [0.5, 0.6) is 5.75 Å². The Morgan fingerprint density at radius 1 is 1.12 bits per heavy atom. The van der Waals surface area contributed by atoms with E-state index in [1.165, 1.54) is 0 Å². The van der Waals surface area contributed by atoms with Crippen molar-refractivity contribution >= 4 is 11.6 Å². The third kappa shape index (κ3) is 3.42. The molecule has 4 heteroatoms. The molecule has 1 N–H and O–H groups in total. The topological polar surface area (TPSA) is 63.6 Å². The van der Waals surface area contributed by atoms with Crippen LogP contribution in [0.25, 0.3) is 0 Å². The number of aliphatic hydroxyl groups is 1. The van der Waals surface area contributed by atoms with Crippen LogP contribution in [0.1, 0.15) is 70.9 Å². The predicted octanol–water partition coefficient (Wildman–Crippen LogP) is 4.15. The first kappa shape index (κ1) is 18.3. The molecule has 2 aromatic rings. The Morgan fingerprint density at radius 2 is 1.85 bits per heavy atom. The standard InChI is InChI=1S/C22H24O4/c1-3-19(24)17-12-16(20(25)10-7-11-23)13-18-21(14(2)26-22(17)18)15-8-5-4-6-9-15/h4-6,8-9,12-14,21,23H,3,7,10-11H2,1-2H3/t14-,21+/m1/s1. The maximum absolute atomic E-state index is 12.5. The lowest BCUT2D eigenvalue weighted by Gasteiger charge is -2.15. The number of carbonyl (C=O) groups excluding carboxylic acids is 2. The molecule has 4 nitrogen and oxygen atoms in total. The molecule has 1 aliphatic heterocycles. The Balaban J connectivity index is 2.11. The molecule has 26 heavy (non-hydrogen) atoms. The van der Waals surface area contributed by atoms with Gasteiger partial charge >= 0.3 is 0 Å². The Kier molecular flexibility index (Phi) is 5.52. The summed E-state index contributed by atoms with van der Waals surface area (Å²) < 4.78 is 6.07. The van der Waals surface area contributed by atoms with Gasteiger partial charge in [-0.3, -0.25) is 9.59 Å². The van der Waals surface area contributed by atoms with Gasteiger partial charge in [-0.2, -0.15) is 0 Å². The van der Waals surface area contributed by atoms with Crippen molar-refractivity contribution in [3.63, 3.8) is 0 Å². The van der Waals surface area contributed by atoms with Gasteiger partial charge in [0.15, 0.2) is 11.6 Å². The lowest BCUT2D eigenvalue weighted by Crippen LogP contribution is -2.15. The molecule has 0 aromatic heterocycles. The number of hydrogen-bond donors (Lipinski definition) is 1. The second-order valence-electron chi connectivity index (χ2n) is 6.68. The van der Waals surface area contributed by atoms with Gasteiger partial charge in [0.2, 0.25) is 0 Å². The molecule has 0 spiro atoms. The number of aliphatic hydroxyl groups excluding tert-OH is 1. The molecule has 0 saturated carbocycles. The van der Waals surface area contributed by atoms with Crippen molar-refractivity contribution in [2.75, 3.05) is 6.61 Å². The van der Waals surface area contributed by atoms with Gasteiger partial charge in [0, 0.05) is 36.5 Å². The van der Waals surface area contributed by atoms with E-state index >= 15 is 0 Å². The maximum Gasteiger partial charge on any atom is 0.166 e. The van der Waals surface area contributed by atoms with Crippen molar-refractivity contribution in [2.24, 2.45) is 0 Å².